The lowest BCUT2D eigenvalue weighted by Crippen LogP contribution is -2.19. The molecule has 0 heterocycles. The summed E-state index contributed by atoms with van der Waals surface area (Å²) in [6.07, 6.45) is 6.50. The van der Waals surface area contributed by atoms with Crippen molar-refractivity contribution in [2.45, 2.75) is 89.8 Å². The van der Waals surface area contributed by atoms with Gasteiger partial charge in [-0.25, -0.2) is 0 Å². The van der Waals surface area contributed by atoms with Crippen molar-refractivity contribution in [2.75, 3.05) is 0 Å². The largest absolute Gasteiger partial charge is 0.481 e. The predicted octanol–water partition coefficient (Wildman–Crippen LogP) is 2.92. The molecule has 0 unspecified atom stereocenters. The van der Waals surface area contributed by atoms with Crippen molar-refractivity contribution >= 4 is 11.8 Å². The third kappa shape index (κ3) is 8.51. The van der Waals surface area contributed by atoms with E-state index in [2.05, 4.69) is 18.8 Å². The molecule has 1 aliphatic rings. The normalized spacial score (nSPS) is 24.0. The number of Topliss-reactive ketones (excluding diaryl/α,β-unsaturated/α-hetero) is 1. The van der Waals surface area contributed by atoms with Crippen LogP contribution in [0.1, 0.15) is 77.6 Å². The van der Waals surface area contributed by atoms with E-state index in [0.29, 0.717) is 19.3 Å². The number of hydrogen-bond acceptors (Lipinski definition) is 4. The van der Waals surface area contributed by atoms with E-state index < -0.39 is 18.2 Å². The topological polar surface area (TPSA) is 94.8 Å². The molecule has 1 saturated carbocycles. The first-order chi connectivity index (χ1) is 12.0. The summed E-state index contributed by atoms with van der Waals surface area (Å²) in [5, 5.41) is 28.6. The first kappa shape index (κ1) is 21.7. The molecule has 25 heavy (non-hydrogen) atoms. The van der Waals surface area contributed by atoms with E-state index >= 15 is 0 Å². The van der Waals surface area contributed by atoms with Crippen molar-refractivity contribution in [3.8, 4) is 11.8 Å². The van der Waals surface area contributed by atoms with Crippen molar-refractivity contribution in [3.63, 3.8) is 0 Å². The second kappa shape index (κ2) is 12.1. The summed E-state index contributed by atoms with van der Waals surface area (Å²) in [5.74, 6) is 4.41. The summed E-state index contributed by atoms with van der Waals surface area (Å²) in [6, 6.07) is 0. The molecule has 0 radical (unpaired) electrons. The maximum atomic E-state index is 12.1. The van der Waals surface area contributed by atoms with E-state index in [1.54, 1.807) is 0 Å². The number of ketones is 1. The average Bonchev–Trinajstić information content (AvgIpc) is 2.82. The van der Waals surface area contributed by atoms with Gasteiger partial charge in [-0.1, -0.05) is 50.9 Å². The van der Waals surface area contributed by atoms with Crippen LogP contribution in [0.5, 0.6) is 0 Å². The lowest BCUT2D eigenvalue weighted by Gasteiger charge is -2.15. The fourth-order valence-corrected chi connectivity index (χ4v) is 3.34. The summed E-state index contributed by atoms with van der Waals surface area (Å²) < 4.78 is 0. The molecule has 4 atom stereocenters. The van der Waals surface area contributed by atoms with Gasteiger partial charge >= 0.3 is 5.97 Å². The van der Waals surface area contributed by atoms with Crippen LogP contribution in [0.25, 0.3) is 0 Å². The average molecular weight is 352 g/mol. The second-order valence-electron chi connectivity index (χ2n) is 7.02. The standard InChI is InChI=1S/C20H32O5/c1-2-3-6-9-15(21)12-13-17-16(18(22)14-19(17)23)10-7-4-5-8-11-20(24)25/h15-17,19,21,23H,2-11,14H2,1H3,(H,24,25)/t15-,16+,17+,19-/m1/s1. The van der Waals surface area contributed by atoms with Gasteiger partial charge in [0.2, 0.25) is 0 Å². The summed E-state index contributed by atoms with van der Waals surface area (Å²) in [5.41, 5.74) is 0. The van der Waals surface area contributed by atoms with Gasteiger partial charge in [-0.15, -0.1) is 0 Å². The van der Waals surface area contributed by atoms with Gasteiger partial charge in [-0.2, -0.15) is 0 Å². The zero-order valence-corrected chi connectivity index (χ0v) is 15.2. The Kier molecular flexibility index (Phi) is 10.4. The van der Waals surface area contributed by atoms with Crippen LogP contribution in [0, 0.1) is 23.7 Å². The van der Waals surface area contributed by atoms with Crippen molar-refractivity contribution in [3.05, 3.63) is 0 Å². The number of rotatable bonds is 11. The molecule has 0 aromatic rings. The fourth-order valence-electron chi connectivity index (χ4n) is 3.34. The SMILES string of the molecule is CCCCC[C@@H](O)C#C[C@@H]1[C@H](O)CC(=O)[C@H]1CCCCCCC(=O)O. The molecule has 1 aliphatic carbocycles. The maximum Gasteiger partial charge on any atom is 0.303 e. The van der Waals surface area contributed by atoms with Gasteiger partial charge in [0, 0.05) is 18.8 Å². The van der Waals surface area contributed by atoms with Crippen molar-refractivity contribution in [1.29, 1.82) is 0 Å². The fraction of sp³-hybridized carbons (Fsp3) is 0.800. The zero-order valence-electron chi connectivity index (χ0n) is 15.2. The van der Waals surface area contributed by atoms with Crippen LogP contribution in [0.15, 0.2) is 0 Å². The number of aliphatic hydroxyl groups is 2. The highest BCUT2D eigenvalue weighted by molar-refractivity contribution is 5.84. The molecule has 5 nitrogen and oxygen atoms in total. The van der Waals surface area contributed by atoms with E-state index in [9.17, 15) is 19.8 Å². The molecule has 0 aromatic carbocycles. The third-order valence-electron chi connectivity index (χ3n) is 4.83. The molecule has 0 aromatic heterocycles. The molecule has 0 spiro atoms. The van der Waals surface area contributed by atoms with Gasteiger partial charge < -0.3 is 15.3 Å². The van der Waals surface area contributed by atoms with E-state index in [4.69, 9.17) is 5.11 Å². The Morgan fingerprint density at radius 2 is 1.92 bits per heavy atom. The number of carboxylic acids is 1. The lowest BCUT2D eigenvalue weighted by atomic mass is 9.89. The number of aliphatic carboxylic acids is 1. The summed E-state index contributed by atoms with van der Waals surface area (Å²) in [6.45, 7) is 2.10. The summed E-state index contributed by atoms with van der Waals surface area (Å²) >= 11 is 0. The van der Waals surface area contributed by atoms with Crippen LogP contribution >= 0.6 is 0 Å². The first-order valence-corrected chi connectivity index (χ1v) is 9.57. The van der Waals surface area contributed by atoms with Crippen LogP contribution in [0.4, 0.5) is 0 Å². The summed E-state index contributed by atoms with van der Waals surface area (Å²) in [7, 11) is 0. The highest BCUT2D eigenvalue weighted by Crippen LogP contribution is 2.33. The van der Waals surface area contributed by atoms with Crippen molar-refractivity contribution in [2.24, 2.45) is 11.8 Å². The molecule has 1 fully saturated rings. The highest BCUT2D eigenvalue weighted by atomic mass is 16.4. The molecule has 0 amide bonds. The van der Waals surface area contributed by atoms with E-state index in [1.807, 2.05) is 0 Å². The minimum Gasteiger partial charge on any atom is -0.481 e. The van der Waals surface area contributed by atoms with E-state index in [-0.39, 0.29) is 30.5 Å². The van der Waals surface area contributed by atoms with Crippen LogP contribution in [0.3, 0.4) is 0 Å². The minimum absolute atomic E-state index is 0.0535. The number of carboxylic acid groups (broad SMARTS) is 1. The van der Waals surface area contributed by atoms with Gasteiger partial charge in [-0.3, -0.25) is 9.59 Å². The van der Waals surface area contributed by atoms with Gasteiger partial charge in [0.25, 0.3) is 0 Å². The number of aliphatic hydroxyl groups excluding tert-OH is 2. The molecule has 142 valence electrons. The molecular formula is C20H32O5. The number of hydrogen-bond donors (Lipinski definition) is 3. The molecule has 5 heteroatoms. The molecule has 3 N–H and O–H groups in total. The Morgan fingerprint density at radius 3 is 2.60 bits per heavy atom. The number of carbonyl (C=O) groups excluding carboxylic acids is 1. The number of carbonyl (C=O) groups is 2. The quantitative estimate of drug-likeness (QED) is 0.392. The lowest BCUT2D eigenvalue weighted by molar-refractivity contribution is -0.137. The van der Waals surface area contributed by atoms with Crippen LogP contribution in [-0.4, -0.2) is 39.3 Å². The highest BCUT2D eigenvalue weighted by Gasteiger charge is 2.40. The van der Waals surface area contributed by atoms with Gasteiger partial charge in [0.05, 0.1) is 12.0 Å². The second-order valence-corrected chi connectivity index (χ2v) is 7.02. The van der Waals surface area contributed by atoms with Crippen molar-refractivity contribution < 1.29 is 24.9 Å². The first-order valence-electron chi connectivity index (χ1n) is 9.57. The van der Waals surface area contributed by atoms with Gasteiger partial charge in [0.1, 0.15) is 11.9 Å². The molecule has 0 bridgehead atoms. The van der Waals surface area contributed by atoms with Crippen LogP contribution in [-0.2, 0) is 9.59 Å². The minimum atomic E-state index is -0.776. The summed E-state index contributed by atoms with van der Waals surface area (Å²) in [4.78, 5) is 22.6. The molecule has 0 saturated heterocycles. The molecule has 0 aliphatic heterocycles. The molecule has 1 rings (SSSR count). The van der Waals surface area contributed by atoms with Crippen LogP contribution < -0.4 is 0 Å². The van der Waals surface area contributed by atoms with E-state index in [0.717, 1.165) is 38.5 Å². The molecular weight excluding hydrogens is 320 g/mol. The Morgan fingerprint density at radius 1 is 1.20 bits per heavy atom. The Balaban J connectivity index is 2.42. The van der Waals surface area contributed by atoms with Gasteiger partial charge in [0.15, 0.2) is 0 Å². The zero-order chi connectivity index (χ0) is 18.7. The monoisotopic (exact) mass is 352 g/mol. The Bertz CT molecular complexity index is 476. The third-order valence-corrected chi connectivity index (χ3v) is 4.83. The van der Waals surface area contributed by atoms with Gasteiger partial charge in [-0.05, 0) is 25.7 Å². The van der Waals surface area contributed by atoms with Crippen LogP contribution in [0.2, 0.25) is 0 Å². The predicted molar refractivity (Wildman–Crippen MR) is 95.9 cm³/mol. The Labute approximate surface area is 150 Å². The maximum absolute atomic E-state index is 12.1. The number of unbranched alkanes of at least 4 members (excludes halogenated alkanes) is 5. The van der Waals surface area contributed by atoms with E-state index in [1.165, 1.54) is 0 Å². The van der Waals surface area contributed by atoms with Crippen molar-refractivity contribution in [1.82, 2.24) is 0 Å². The Hall–Kier alpha value is -1.38. The smallest absolute Gasteiger partial charge is 0.303 e.